The zero-order chi connectivity index (χ0) is 23.8. The lowest BCUT2D eigenvalue weighted by Crippen LogP contribution is -2.13. The third-order valence-electron chi connectivity index (χ3n) is 7.09. The molecule has 2 aliphatic rings. The van der Waals surface area contributed by atoms with Crippen LogP contribution < -0.4 is 0 Å². The van der Waals surface area contributed by atoms with Gasteiger partial charge in [-0.2, -0.15) is 0 Å². The number of ether oxygens (including phenoxy) is 1. The molecule has 1 heterocycles. The third-order valence-corrected chi connectivity index (χ3v) is 7.09. The van der Waals surface area contributed by atoms with E-state index in [2.05, 4.69) is 6.08 Å². The minimum absolute atomic E-state index is 0.0225. The fourth-order valence-electron chi connectivity index (χ4n) is 5.09. The Morgan fingerprint density at radius 3 is 1.68 bits per heavy atom. The molecule has 1 saturated heterocycles. The van der Waals surface area contributed by atoms with Gasteiger partial charge in [-0.15, -0.1) is 0 Å². The van der Waals surface area contributed by atoms with Crippen LogP contribution in [-0.2, 0) is 4.74 Å². The van der Waals surface area contributed by atoms with Crippen LogP contribution in [0, 0.1) is 29.2 Å². The fourth-order valence-corrected chi connectivity index (χ4v) is 5.09. The summed E-state index contributed by atoms with van der Waals surface area (Å²) >= 11 is 0. The number of benzene rings is 3. The Bertz CT molecular complexity index is 1220. The van der Waals surface area contributed by atoms with Crippen molar-refractivity contribution in [3.63, 3.8) is 0 Å². The molecular formula is C29H26F4O. The molecule has 1 aliphatic carbocycles. The van der Waals surface area contributed by atoms with Crippen LogP contribution in [0.2, 0.25) is 0 Å². The van der Waals surface area contributed by atoms with E-state index in [9.17, 15) is 8.78 Å². The Kier molecular flexibility index (Phi) is 6.30. The van der Waals surface area contributed by atoms with Crippen LogP contribution in [0.1, 0.15) is 55.8 Å². The third kappa shape index (κ3) is 4.29. The largest absolute Gasteiger partial charge is 0.368 e. The second kappa shape index (κ2) is 9.38. The first-order valence-corrected chi connectivity index (χ1v) is 11.8. The SMILES string of the molecule is C/C=C/C1CCC(c2ccc(-c3ccc(-c4ccc(C5CO5)c(F)c4F)cc3)c(F)c2F)CC1. The molecule has 1 aliphatic heterocycles. The second-order valence-corrected chi connectivity index (χ2v) is 9.20. The molecule has 1 nitrogen and oxygen atoms in total. The molecule has 34 heavy (non-hydrogen) atoms. The van der Waals surface area contributed by atoms with Gasteiger partial charge in [-0.1, -0.05) is 60.7 Å². The quantitative estimate of drug-likeness (QED) is 0.209. The van der Waals surface area contributed by atoms with Crippen molar-refractivity contribution in [2.24, 2.45) is 5.92 Å². The summed E-state index contributed by atoms with van der Waals surface area (Å²) in [5.74, 6) is -2.97. The van der Waals surface area contributed by atoms with Crippen LogP contribution in [-0.4, -0.2) is 6.61 Å². The normalized spacial score (nSPS) is 22.3. The number of halogens is 4. The molecule has 0 bridgehead atoms. The molecule has 5 heteroatoms. The molecule has 0 N–H and O–H groups in total. The summed E-state index contributed by atoms with van der Waals surface area (Å²) in [7, 11) is 0. The van der Waals surface area contributed by atoms with Gasteiger partial charge < -0.3 is 4.74 Å². The lowest BCUT2D eigenvalue weighted by molar-refractivity contribution is 0.364. The molecule has 3 aromatic rings. The topological polar surface area (TPSA) is 12.5 Å². The van der Waals surface area contributed by atoms with Gasteiger partial charge in [0.2, 0.25) is 0 Å². The molecule has 2 fully saturated rings. The monoisotopic (exact) mass is 466 g/mol. The van der Waals surface area contributed by atoms with Crippen LogP contribution >= 0.6 is 0 Å². The first-order valence-electron chi connectivity index (χ1n) is 11.8. The molecule has 1 unspecified atom stereocenters. The van der Waals surface area contributed by atoms with Gasteiger partial charge in [0.25, 0.3) is 0 Å². The van der Waals surface area contributed by atoms with Gasteiger partial charge in [0, 0.05) is 16.7 Å². The second-order valence-electron chi connectivity index (χ2n) is 9.20. The van der Waals surface area contributed by atoms with E-state index in [1.165, 1.54) is 12.1 Å². The maximum absolute atomic E-state index is 15.1. The first-order chi connectivity index (χ1) is 16.5. The molecule has 0 spiro atoms. The van der Waals surface area contributed by atoms with Crippen LogP contribution in [0.3, 0.4) is 0 Å². The molecule has 3 aromatic carbocycles. The van der Waals surface area contributed by atoms with Crippen molar-refractivity contribution in [1.29, 1.82) is 0 Å². The molecule has 0 radical (unpaired) electrons. The number of hydrogen-bond acceptors (Lipinski definition) is 1. The Morgan fingerprint density at radius 2 is 1.18 bits per heavy atom. The highest BCUT2D eigenvalue weighted by Crippen LogP contribution is 2.40. The van der Waals surface area contributed by atoms with E-state index < -0.39 is 23.3 Å². The molecule has 1 saturated carbocycles. The summed E-state index contributed by atoms with van der Waals surface area (Å²) in [4.78, 5) is 0. The minimum Gasteiger partial charge on any atom is -0.368 e. The summed E-state index contributed by atoms with van der Waals surface area (Å²) in [6.45, 7) is 2.39. The van der Waals surface area contributed by atoms with E-state index in [-0.39, 0.29) is 28.7 Å². The Morgan fingerprint density at radius 1 is 0.676 bits per heavy atom. The van der Waals surface area contributed by atoms with E-state index in [4.69, 9.17) is 4.74 Å². The van der Waals surface area contributed by atoms with Crippen molar-refractivity contribution < 1.29 is 22.3 Å². The summed E-state index contributed by atoms with van der Waals surface area (Å²) < 4.78 is 64.1. The molecule has 0 aromatic heterocycles. The predicted molar refractivity (Wildman–Crippen MR) is 125 cm³/mol. The summed E-state index contributed by atoms with van der Waals surface area (Å²) in [5, 5.41) is 0. The van der Waals surface area contributed by atoms with E-state index >= 15 is 8.78 Å². The number of epoxide rings is 1. The van der Waals surface area contributed by atoms with Gasteiger partial charge >= 0.3 is 0 Å². The van der Waals surface area contributed by atoms with E-state index in [1.807, 2.05) is 13.0 Å². The lowest BCUT2D eigenvalue weighted by atomic mass is 9.78. The minimum atomic E-state index is -0.938. The smallest absolute Gasteiger partial charge is 0.167 e. The van der Waals surface area contributed by atoms with Gasteiger partial charge in [-0.25, -0.2) is 17.6 Å². The van der Waals surface area contributed by atoms with Crippen molar-refractivity contribution in [3.05, 3.63) is 95.1 Å². The van der Waals surface area contributed by atoms with E-state index in [0.717, 1.165) is 25.7 Å². The van der Waals surface area contributed by atoms with Gasteiger partial charge in [-0.3, -0.25) is 0 Å². The molecule has 5 rings (SSSR count). The summed E-state index contributed by atoms with van der Waals surface area (Å²) in [6, 6.07) is 12.7. The zero-order valence-electron chi connectivity index (χ0n) is 19.0. The van der Waals surface area contributed by atoms with Crippen molar-refractivity contribution in [2.75, 3.05) is 6.61 Å². The number of rotatable bonds is 5. The Labute approximate surface area is 197 Å². The number of allylic oxidation sites excluding steroid dienone is 2. The summed E-state index contributed by atoms with van der Waals surface area (Å²) in [5.41, 5.74) is 1.86. The van der Waals surface area contributed by atoms with Crippen molar-refractivity contribution in [3.8, 4) is 22.3 Å². The van der Waals surface area contributed by atoms with Gasteiger partial charge in [-0.05, 0) is 61.1 Å². The molecule has 176 valence electrons. The van der Waals surface area contributed by atoms with E-state index in [1.54, 1.807) is 36.4 Å². The lowest BCUT2D eigenvalue weighted by Gasteiger charge is -2.27. The fraction of sp³-hybridized carbons (Fsp3) is 0.310. The van der Waals surface area contributed by atoms with Gasteiger partial charge in [0.15, 0.2) is 23.3 Å². The Hall–Kier alpha value is -2.92. The highest BCUT2D eigenvalue weighted by atomic mass is 19.2. The van der Waals surface area contributed by atoms with Crippen molar-refractivity contribution in [2.45, 2.75) is 44.6 Å². The van der Waals surface area contributed by atoms with Crippen molar-refractivity contribution >= 4 is 0 Å². The summed E-state index contributed by atoms with van der Waals surface area (Å²) in [6.07, 6.45) is 7.50. The van der Waals surface area contributed by atoms with Crippen LogP contribution in [0.4, 0.5) is 17.6 Å². The zero-order valence-corrected chi connectivity index (χ0v) is 19.0. The van der Waals surface area contributed by atoms with Crippen LogP contribution in [0.15, 0.2) is 60.7 Å². The maximum atomic E-state index is 15.1. The average molecular weight is 467 g/mol. The number of hydrogen-bond donors (Lipinski definition) is 0. The van der Waals surface area contributed by atoms with Crippen LogP contribution in [0.25, 0.3) is 22.3 Å². The molecular weight excluding hydrogens is 440 g/mol. The average Bonchev–Trinajstić information content (AvgIpc) is 3.69. The Balaban J connectivity index is 1.38. The van der Waals surface area contributed by atoms with E-state index in [0.29, 0.717) is 29.2 Å². The first kappa shape index (κ1) is 22.9. The molecule has 0 amide bonds. The van der Waals surface area contributed by atoms with Gasteiger partial charge in [0.1, 0.15) is 6.10 Å². The molecule has 1 atom stereocenters. The highest BCUT2D eigenvalue weighted by Gasteiger charge is 2.30. The maximum Gasteiger partial charge on any atom is 0.167 e. The standard InChI is InChI=1S/C29H26F4O/c1-2-3-17-4-6-18(7-5-17)21-12-13-22(27(31)26(21)30)19-8-10-20(11-9-19)23-14-15-24(25-16-34-25)29(33)28(23)32/h2-3,8-15,17-18,25H,4-7,16H2,1H3/b3-2+. The highest BCUT2D eigenvalue weighted by molar-refractivity contribution is 5.71. The van der Waals surface area contributed by atoms with Crippen LogP contribution in [0.5, 0.6) is 0 Å². The van der Waals surface area contributed by atoms with Gasteiger partial charge in [0.05, 0.1) is 6.61 Å². The predicted octanol–water partition coefficient (Wildman–Crippen LogP) is 8.50. The van der Waals surface area contributed by atoms with Crippen molar-refractivity contribution in [1.82, 2.24) is 0 Å².